The predicted octanol–water partition coefficient (Wildman–Crippen LogP) is 3.03. The van der Waals surface area contributed by atoms with E-state index in [1.807, 2.05) is 19.0 Å². The van der Waals surface area contributed by atoms with Crippen LogP contribution in [0.5, 0.6) is 11.5 Å². The van der Waals surface area contributed by atoms with E-state index in [0.717, 1.165) is 13.0 Å². The van der Waals surface area contributed by atoms with Crippen molar-refractivity contribution in [3.63, 3.8) is 0 Å². The number of methoxy groups -OCH3 is 2. The standard InChI is InChI=1S/C16H21F3N4O2/c1-23(2)7-5-6-20-14-10-8-12(24-3)13(25-4)9-11(10)21-15(22-14)16(17,18)19/h8-9H,5-7H2,1-4H3,(H,20,21,22). The van der Waals surface area contributed by atoms with Gasteiger partial charge in [0, 0.05) is 18.0 Å². The minimum Gasteiger partial charge on any atom is -0.493 e. The molecule has 0 radical (unpaired) electrons. The number of alkyl halides is 3. The Morgan fingerprint density at radius 1 is 1.08 bits per heavy atom. The van der Waals surface area contributed by atoms with Crippen molar-refractivity contribution in [2.24, 2.45) is 0 Å². The van der Waals surface area contributed by atoms with Crippen LogP contribution in [0, 0.1) is 0 Å². The fourth-order valence-electron chi connectivity index (χ4n) is 2.32. The molecule has 1 heterocycles. The molecule has 0 aliphatic heterocycles. The quantitative estimate of drug-likeness (QED) is 0.768. The molecule has 2 aromatic rings. The molecule has 1 N–H and O–H groups in total. The van der Waals surface area contributed by atoms with Crippen molar-refractivity contribution in [3.05, 3.63) is 18.0 Å². The number of hydrogen-bond donors (Lipinski definition) is 1. The van der Waals surface area contributed by atoms with Gasteiger partial charge in [0.1, 0.15) is 5.82 Å². The summed E-state index contributed by atoms with van der Waals surface area (Å²) in [6, 6.07) is 2.98. The van der Waals surface area contributed by atoms with Crippen LogP contribution in [-0.4, -0.2) is 56.3 Å². The number of anilines is 1. The van der Waals surface area contributed by atoms with E-state index in [0.29, 0.717) is 23.4 Å². The van der Waals surface area contributed by atoms with Crippen LogP contribution >= 0.6 is 0 Å². The molecule has 0 aliphatic rings. The lowest BCUT2D eigenvalue weighted by Gasteiger charge is -2.15. The van der Waals surface area contributed by atoms with Crippen LogP contribution in [0.3, 0.4) is 0 Å². The molecule has 1 aromatic carbocycles. The number of aromatic nitrogens is 2. The fourth-order valence-corrected chi connectivity index (χ4v) is 2.32. The number of nitrogens with one attached hydrogen (secondary N) is 1. The maximum atomic E-state index is 13.1. The first-order valence-electron chi connectivity index (χ1n) is 7.66. The average Bonchev–Trinajstić information content (AvgIpc) is 2.55. The molecule has 0 aliphatic carbocycles. The minimum absolute atomic E-state index is 0.122. The van der Waals surface area contributed by atoms with Crippen LogP contribution in [0.25, 0.3) is 10.9 Å². The van der Waals surface area contributed by atoms with Crippen LogP contribution in [0.15, 0.2) is 12.1 Å². The number of fused-ring (bicyclic) bond motifs is 1. The highest BCUT2D eigenvalue weighted by Gasteiger charge is 2.35. The smallest absolute Gasteiger partial charge is 0.451 e. The van der Waals surface area contributed by atoms with Crippen molar-refractivity contribution >= 4 is 16.7 Å². The summed E-state index contributed by atoms with van der Waals surface area (Å²) in [6.45, 7) is 1.29. The van der Waals surface area contributed by atoms with E-state index in [9.17, 15) is 13.2 Å². The summed E-state index contributed by atoms with van der Waals surface area (Å²) in [6.07, 6.45) is -3.88. The Kier molecular flexibility index (Phi) is 5.89. The first-order valence-corrected chi connectivity index (χ1v) is 7.66. The maximum Gasteiger partial charge on any atom is 0.451 e. The summed E-state index contributed by atoms with van der Waals surface area (Å²) >= 11 is 0. The molecular formula is C16H21F3N4O2. The molecule has 0 spiro atoms. The molecule has 9 heteroatoms. The molecule has 0 amide bonds. The molecule has 0 saturated heterocycles. The van der Waals surface area contributed by atoms with Gasteiger partial charge in [0.25, 0.3) is 0 Å². The van der Waals surface area contributed by atoms with Crippen molar-refractivity contribution in [1.82, 2.24) is 14.9 Å². The summed E-state index contributed by atoms with van der Waals surface area (Å²) < 4.78 is 49.7. The molecule has 0 saturated carbocycles. The maximum absolute atomic E-state index is 13.1. The number of halogens is 3. The number of ether oxygens (including phenoxy) is 2. The SMILES string of the molecule is COc1cc2nc(C(F)(F)F)nc(NCCCN(C)C)c2cc1OC. The third-order valence-corrected chi connectivity index (χ3v) is 3.53. The Labute approximate surface area is 144 Å². The van der Waals surface area contributed by atoms with Crippen molar-refractivity contribution in [3.8, 4) is 11.5 Å². The van der Waals surface area contributed by atoms with Crippen LogP contribution in [0.2, 0.25) is 0 Å². The van der Waals surface area contributed by atoms with Gasteiger partial charge in [-0.15, -0.1) is 0 Å². The minimum atomic E-state index is -4.64. The van der Waals surface area contributed by atoms with E-state index in [-0.39, 0.29) is 11.3 Å². The van der Waals surface area contributed by atoms with Gasteiger partial charge in [0.2, 0.25) is 5.82 Å². The Bertz CT molecular complexity index is 735. The zero-order valence-corrected chi connectivity index (χ0v) is 14.6. The summed E-state index contributed by atoms with van der Waals surface area (Å²) in [4.78, 5) is 9.29. The molecule has 0 bridgehead atoms. The number of rotatable bonds is 7. The summed E-state index contributed by atoms with van der Waals surface area (Å²) in [5, 5.41) is 3.41. The molecular weight excluding hydrogens is 337 g/mol. The molecule has 138 valence electrons. The largest absolute Gasteiger partial charge is 0.493 e. The highest BCUT2D eigenvalue weighted by Crippen LogP contribution is 2.36. The monoisotopic (exact) mass is 358 g/mol. The summed E-state index contributed by atoms with van der Waals surface area (Å²) in [5.74, 6) is -0.366. The predicted molar refractivity (Wildman–Crippen MR) is 89.3 cm³/mol. The lowest BCUT2D eigenvalue weighted by molar-refractivity contribution is -0.144. The molecule has 0 unspecified atom stereocenters. The van der Waals surface area contributed by atoms with E-state index >= 15 is 0 Å². The Balaban J connectivity index is 2.47. The van der Waals surface area contributed by atoms with Crippen LogP contribution in [0.4, 0.5) is 19.0 Å². The lowest BCUT2D eigenvalue weighted by Crippen LogP contribution is -2.18. The first-order chi connectivity index (χ1) is 11.8. The highest BCUT2D eigenvalue weighted by atomic mass is 19.4. The Hall–Kier alpha value is -2.29. The van der Waals surface area contributed by atoms with Gasteiger partial charge in [-0.2, -0.15) is 13.2 Å². The Morgan fingerprint density at radius 2 is 1.72 bits per heavy atom. The first kappa shape index (κ1) is 19.0. The van der Waals surface area contributed by atoms with Crippen LogP contribution in [-0.2, 0) is 6.18 Å². The van der Waals surface area contributed by atoms with E-state index in [4.69, 9.17) is 9.47 Å². The van der Waals surface area contributed by atoms with Gasteiger partial charge in [-0.25, -0.2) is 9.97 Å². The second-order valence-corrected chi connectivity index (χ2v) is 5.70. The lowest BCUT2D eigenvalue weighted by atomic mass is 10.2. The Morgan fingerprint density at radius 3 is 2.28 bits per heavy atom. The van der Waals surface area contributed by atoms with Crippen molar-refractivity contribution in [2.75, 3.05) is 46.7 Å². The molecule has 25 heavy (non-hydrogen) atoms. The molecule has 2 rings (SSSR count). The molecule has 1 aromatic heterocycles. The molecule has 0 fully saturated rings. The van der Waals surface area contributed by atoms with Gasteiger partial charge < -0.3 is 19.7 Å². The topological polar surface area (TPSA) is 59.5 Å². The summed E-state index contributed by atoms with van der Waals surface area (Å²) in [7, 11) is 6.73. The van der Waals surface area contributed by atoms with E-state index in [2.05, 4.69) is 15.3 Å². The van der Waals surface area contributed by atoms with Gasteiger partial charge in [-0.05, 0) is 33.1 Å². The fraction of sp³-hybridized carbons (Fsp3) is 0.500. The molecule has 0 atom stereocenters. The third kappa shape index (κ3) is 4.62. The van der Waals surface area contributed by atoms with Crippen molar-refractivity contribution in [1.29, 1.82) is 0 Å². The second kappa shape index (κ2) is 7.73. The number of hydrogen-bond acceptors (Lipinski definition) is 6. The molecule has 6 nitrogen and oxygen atoms in total. The number of nitrogens with zero attached hydrogens (tertiary/aromatic N) is 3. The zero-order chi connectivity index (χ0) is 18.6. The van der Waals surface area contributed by atoms with Crippen molar-refractivity contribution < 1.29 is 22.6 Å². The van der Waals surface area contributed by atoms with Crippen LogP contribution in [0.1, 0.15) is 12.2 Å². The van der Waals surface area contributed by atoms with Gasteiger partial charge >= 0.3 is 6.18 Å². The second-order valence-electron chi connectivity index (χ2n) is 5.70. The van der Waals surface area contributed by atoms with Gasteiger partial charge in [-0.3, -0.25) is 0 Å². The van der Waals surface area contributed by atoms with E-state index in [1.165, 1.54) is 20.3 Å². The summed E-state index contributed by atoms with van der Waals surface area (Å²) in [5.41, 5.74) is 0.134. The number of benzene rings is 1. The van der Waals surface area contributed by atoms with E-state index < -0.39 is 12.0 Å². The normalized spacial score (nSPS) is 11.8. The zero-order valence-electron chi connectivity index (χ0n) is 14.6. The third-order valence-electron chi connectivity index (χ3n) is 3.53. The highest BCUT2D eigenvalue weighted by molar-refractivity contribution is 5.91. The van der Waals surface area contributed by atoms with Gasteiger partial charge in [0.15, 0.2) is 11.5 Å². The van der Waals surface area contributed by atoms with Crippen molar-refractivity contribution in [2.45, 2.75) is 12.6 Å². The van der Waals surface area contributed by atoms with Gasteiger partial charge in [-0.1, -0.05) is 0 Å². The van der Waals surface area contributed by atoms with Crippen LogP contribution < -0.4 is 14.8 Å². The van der Waals surface area contributed by atoms with Gasteiger partial charge in [0.05, 0.1) is 19.7 Å². The van der Waals surface area contributed by atoms with E-state index in [1.54, 1.807) is 6.07 Å². The average molecular weight is 358 g/mol.